The highest BCUT2D eigenvalue weighted by atomic mass is 32.2. The van der Waals surface area contributed by atoms with Crippen LogP contribution in [0.4, 0.5) is 24.5 Å². The molecule has 1 fully saturated rings. The topological polar surface area (TPSA) is 128 Å². The smallest absolute Gasteiger partial charge is 0.413 e. The summed E-state index contributed by atoms with van der Waals surface area (Å²) in [4.78, 5) is 22.5. The lowest BCUT2D eigenvalue weighted by molar-refractivity contribution is -0.190. The van der Waals surface area contributed by atoms with Crippen molar-refractivity contribution >= 4 is 38.2 Å². The third-order valence-electron chi connectivity index (χ3n) is 6.85. The molecule has 1 aliphatic rings. The van der Waals surface area contributed by atoms with Crippen molar-refractivity contribution in [2.45, 2.75) is 38.0 Å². The summed E-state index contributed by atoms with van der Waals surface area (Å²) in [6.45, 7) is 1.78. The Morgan fingerprint density at radius 3 is 2.36 bits per heavy atom. The first kappa shape index (κ1) is 28.6. The fraction of sp³-hybridized carbons (Fsp3) is 0.423. The first-order valence-electron chi connectivity index (χ1n) is 12.3. The lowest BCUT2D eigenvalue weighted by atomic mass is 9.98. The second-order valence-electron chi connectivity index (χ2n) is 9.66. The van der Waals surface area contributed by atoms with Crippen LogP contribution in [0.1, 0.15) is 43.0 Å². The van der Waals surface area contributed by atoms with E-state index in [1.54, 1.807) is 25.3 Å². The molecule has 0 unspecified atom stereocenters. The van der Waals surface area contributed by atoms with Crippen LogP contribution in [-0.2, 0) is 14.6 Å². The van der Waals surface area contributed by atoms with E-state index in [-0.39, 0.29) is 29.9 Å². The van der Waals surface area contributed by atoms with Gasteiger partial charge in [-0.25, -0.2) is 13.4 Å². The van der Waals surface area contributed by atoms with Crippen molar-refractivity contribution in [3.05, 3.63) is 53.7 Å². The van der Waals surface area contributed by atoms with Crippen LogP contribution in [0.5, 0.6) is 5.88 Å². The molecule has 3 N–H and O–H groups in total. The monoisotopic (exact) mass is 565 g/mol. The predicted molar refractivity (Wildman–Crippen MR) is 141 cm³/mol. The summed E-state index contributed by atoms with van der Waals surface area (Å²) in [5, 5.41) is 3.16. The number of ether oxygens (including phenoxy) is 1. The van der Waals surface area contributed by atoms with E-state index in [1.165, 1.54) is 31.4 Å². The Bertz CT molecular complexity index is 1450. The van der Waals surface area contributed by atoms with Gasteiger partial charge in [0.15, 0.2) is 6.04 Å². The van der Waals surface area contributed by atoms with E-state index in [1.807, 2.05) is 0 Å². The number of alkyl halides is 3. The fourth-order valence-corrected chi connectivity index (χ4v) is 6.32. The van der Waals surface area contributed by atoms with E-state index in [0.717, 1.165) is 7.05 Å². The molecule has 0 aliphatic carbocycles. The molecule has 4 rings (SSSR count). The maximum Gasteiger partial charge on any atom is 0.413 e. The number of carbonyl (C=O) groups excluding carboxylic acids is 1. The molecule has 39 heavy (non-hydrogen) atoms. The van der Waals surface area contributed by atoms with Crippen LogP contribution in [-0.4, -0.2) is 61.0 Å². The minimum Gasteiger partial charge on any atom is -0.481 e. The Morgan fingerprint density at radius 2 is 1.79 bits per heavy atom. The summed E-state index contributed by atoms with van der Waals surface area (Å²) in [7, 11) is -0.654. The number of carbonyl (C=O) groups is 1. The molecule has 1 saturated heterocycles. The molecule has 1 aliphatic heterocycles. The van der Waals surface area contributed by atoms with Crippen molar-refractivity contribution in [3.8, 4) is 5.88 Å². The Kier molecular flexibility index (Phi) is 8.03. The van der Waals surface area contributed by atoms with Gasteiger partial charge in [0, 0.05) is 36.3 Å². The first-order chi connectivity index (χ1) is 18.3. The summed E-state index contributed by atoms with van der Waals surface area (Å²) in [6.07, 6.45) is -3.13. The third kappa shape index (κ3) is 6.25. The molecule has 3 heterocycles. The van der Waals surface area contributed by atoms with E-state index < -0.39 is 39.9 Å². The minimum absolute atomic E-state index is 0.0152. The zero-order chi connectivity index (χ0) is 28.5. The van der Waals surface area contributed by atoms with Crippen LogP contribution in [0, 0.1) is 5.92 Å². The molecule has 1 aromatic carbocycles. The number of nitrogens with zero attached hydrogens (tertiary/aromatic N) is 3. The Balaban J connectivity index is 1.60. The zero-order valence-electron chi connectivity index (χ0n) is 21.7. The maximum absolute atomic E-state index is 14.2. The maximum atomic E-state index is 14.2. The van der Waals surface area contributed by atoms with E-state index in [2.05, 4.69) is 15.3 Å². The minimum atomic E-state index is -4.74. The van der Waals surface area contributed by atoms with Gasteiger partial charge in [0.25, 0.3) is 0 Å². The van der Waals surface area contributed by atoms with Gasteiger partial charge in [-0.3, -0.25) is 9.78 Å². The molecule has 13 heteroatoms. The number of anilines is 2. The van der Waals surface area contributed by atoms with E-state index >= 15 is 0 Å². The number of rotatable bonds is 7. The molecule has 3 aromatic rings. The lowest BCUT2D eigenvalue weighted by Gasteiger charge is -2.34. The summed E-state index contributed by atoms with van der Waals surface area (Å²) >= 11 is 0. The molecule has 0 saturated carbocycles. The van der Waals surface area contributed by atoms with Gasteiger partial charge in [-0.05, 0) is 43.5 Å². The first-order valence-corrected chi connectivity index (χ1v) is 14.1. The van der Waals surface area contributed by atoms with Gasteiger partial charge in [-0.2, -0.15) is 13.2 Å². The number of methoxy groups -OCH3 is 1. The fourth-order valence-electron chi connectivity index (χ4n) is 4.83. The van der Waals surface area contributed by atoms with Gasteiger partial charge in [0.2, 0.25) is 11.8 Å². The number of halogens is 3. The molecule has 2 aromatic heterocycles. The number of benzene rings is 1. The van der Waals surface area contributed by atoms with Gasteiger partial charge < -0.3 is 20.7 Å². The Hall–Kier alpha value is -3.45. The predicted octanol–water partition coefficient (Wildman–Crippen LogP) is 4.29. The molecule has 9 nitrogen and oxygen atoms in total. The van der Waals surface area contributed by atoms with Crippen molar-refractivity contribution in [1.29, 1.82) is 0 Å². The molecule has 2 atom stereocenters. The van der Waals surface area contributed by atoms with Crippen LogP contribution in [0.15, 0.2) is 42.6 Å². The Labute approximate surface area is 224 Å². The lowest BCUT2D eigenvalue weighted by Crippen LogP contribution is -2.44. The molecule has 0 radical (unpaired) electrons. The van der Waals surface area contributed by atoms with Crippen molar-refractivity contribution < 1.29 is 31.1 Å². The normalized spacial score (nSPS) is 17.4. The molecule has 210 valence electrons. The number of aromatic nitrogens is 2. The Morgan fingerprint density at radius 1 is 1.15 bits per heavy atom. The summed E-state index contributed by atoms with van der Waals surface area (Å²) in [6, 6.07) is 6.38. The van der Waals surface area contributed by atoms with Crippen LogP contribution in [0.25, 0.3) is 11.0 Å². The van der Waals surface area contributed by atoms with Crippen molar-refractivity contribution in [2.75, 3.05) is 31.0 Å². The number of amides is 1. The van der Waals surface area contributed by atoms with Crippen molar-refractivity contribution in [1.82, 2.24) is 14.9 Å². The molecule has 0 spiro atoms. The van der Waals surface area contributed by atoms with Crippen molar-refractivity contribution in [2.24, 2.45) is 11.7 Å². The molecule has 0 bridgehead atoms. The number of nitrogens with two attached hydrogens (primary N) is 1. The van der Waals surface area contributed by atoms with Gasteiger partial charge in [0.1, 0.15) is 9.84 Å². The highest BCUT2D eigenvalue weighted by Gasteiger charge is 2.46. The average molecular weight is 566 g/mol. The molecule has 1 amide bonds. The quantitative estimate of drug-likeness (QED) is 0.435. The summed E-state index contributed by atoms with van der Waals surface area (Å²) in [5.74, 6) is -1.51. The largest absolute Gasteiger partial charge is 0.481 e. The molecular weight excluding hydrogens is 535 g/mol. The van der Waals surface area contributed by atoms with E-state index in [4.69, 9.17) is 10.5 Å². The molecular formula is C26H30F3N5O4S. The van der Waals surface area contributed by atoms with Crippen LogP contribution in [0.3, 0.4) is 0 Å². The highest BCUT2D eigenvalue weighted by Crippen LogP contribution is 2.39. The van der Waals surface area contributed by atoms with Crippen LogP contribution in [0.2, 0.25) is 0 Å². The second kappa shape index (κ2) is 11.0. The summed E-state index contributed by atoms with van der Waals surface area (Å²) in [5.41, 5.74) is 8.95. The third-order valence-corrected chi connectivity index (χ3v) is 8.56. The SMILES string of the molecule is COc1ccc2ncc(Nc3ccc([C@H](N(C)C(=O)C4CCS(=O)(=O)CC4)C(F)(F)F)cc3)c([C@H](C)N)c2n1. The number of hydrogen-bond acceptors (Lipinski definition) is 8. The number of pyridine rings is 2. The highest BCUT2D eigenvalue weighted by molar-refractivity contribution is 7.91. The van der Waals surface area contributed by atoms with Gasteiger partial charge in [-0.1, -0.05) is 12.1 Å². The van der Waals surface area contributed by atoms with Gasteiger partial charge in [-0.15, -0.1) is 0 Å². The number of hydrogen-bond donors (Lipinski definition) is 2. The van der Waals surface area contributed by atoms with Crippen LogP contribution < -0.4 is 15.8 Å². The van der Waals surface area contributed by atoms with Gasteiger partial charge in [0.05, 0.1) is 41.5 Å². The van der Waals surface area contributed by atoms with E-state index in [0.29, 0.717) is 38.8 Å². The second-order valence-corrected chi connectivity index (χ2v) is 12.0. The average Bonchev–Trinajstić information content (AvgIpc) is 2.87. The summed E-state index contributed by atoms with van der Waals surface area (Å²) < 4.78 is 71.1. The number of sulfone groups is 1. The van der Waals surface area contributed by atoms with E-state index in [9.17, 15) is 26.4 Å². The number of fused-ring (bicyclic) bond motifs is 1. The van der Waals surface area contributed by atoms with Gasteiger partial charge >= 0.3 is 6.18 Å². The van der Waals surface area contributed by atoms with Crippen molar-refractivity contribution in [3.63, 3.8) is 0 Å². The zero-order valence-corrected chi connectivity index (χ0v) is 22.5. The van der Waals surface area contributed by atoms with Crippen LogP contribution >= 0.6 is 0 Å². The number of nitrogens with one attached hydrogen (secondary N) is 1. The standard InChI is InChI=1S/C26H30F3N5O4S/c1-15(30)22-20(14-31-19-8-9-21(38-3)33-23(19)22)32-18-6-4-16(5-7-18)24(26(27,28)29)34(2)25(35)17-10-12-39(36,37)13-11-17/h4-9,14-15,17,24,32H,10-13,30H2,1-3H3/t15-,24-/m0/s1.